The van der Waals surface area contributed by atoms with Crippen LogP contribution in [0.25, 0.3) is 0 Å². The van der Waals surface area contributed by atoms with E-state index in [0.29, 0.717) is 35.4 Å². The van der Waals surface area contributed by atoms with Crippen molar-refractivity contribution >= 4 is 51.2 Å². The first-order valence-electron chi connectivity index (χ1n) is 18.5. The minimum atomic E-state index is -3.38. The molecule has 0 radical (unpaired) electrons. The van der Waals surface area contributed by atoms with Crippen molar-refractivity contribution in [2.75, 3.05) is 36.6 Å². The van der Waals surface area contributed by atoms with Gasteiger partial charge in [-0.05, 0) is 72.0 Å². The van der Waals surface area contributed by atoms with Crippen LogP contribution in [0.2, 0.25) is 0 Å². The normalized spacial score (nSPS) is 18.9. The van der Waals surface area contributed by atoms with Gasteiger partial charge in [-0.25, -0.2) is 22.3 Å². The van der Waals surface area contributed by atoms with Gasteiger partial charge >= 0.3 is 5.97 Å². The van der Waals surface area contributed by atoms with E-state index in [1.807, 2.05) is 0 Å². The number of halogens is 1. The van der Waals surface area contributed by atoms with Crippen LogP contribution in [-0.4, -0.2) is 85.3 Å². The van der Waals surface area contributed by atoms with E-state index >= 15 is 0 Å². The van der Waals surface area contributed by atoms with Crippen LogP contribution in [-0.2, 0) is 29.2 Å². The maximum atomic E-state index is 13.6. The van der Waals surface area contributed by atoms with E-state index in [1.54, 1.807) is 53.4 Å². The second-order valence-corrected chi connectivity index (χ2v) is 16.5. The molecule has 56 heavy (non-hydrogen) atoms. The van der Waals surface area contributed by atoms with Crippen molar-refractivity contribution in [2.45, 2.75) is 62.0 Å². The fourth-order valence-corrected chi connectivity index (χ4v) is 8.00. The molecule has 3 aromatic rings. The Labute approximate surface area is 331 Å². The van der Waals surface area contributed by atoms with Crippen LogP contribution >= 0.6 is 11.8 Å². The molecule has 0 unspecified atom stereocenters. The van der Waals surface area contributed by atoms with Gasteiger partial charge in [0.2, 0.25) is 21.8 Å². The molecule has 3 aromatic carbocycles. The molecule has 5 rings (SSSR count). The highest BCUT2D eigenvalue weighted by Crippen LogP contribution is 2.46. The van der Waals surface area contributed by atoms with E-state index in [9.17, 15) is 42.2 Å². The number of rotatable bonds is 17. The van der Waals surface area contributed by atoms with Gasteiger partial charge in [-0.15, -0.1) is 11.8 Å². The maximum Gasteiger partial charge on any atom is 0.326 e. The predicted octanol–water partition coefficient (Wildman–Crippen LogP) is 3.68. The molecule has 1 aliphatic heterocycles. The van der Waals surface area contributed by atoms with Gasteiger partial charge < -0.3 is 30.5 Å². The Morgan fingerprint density at radius 3 is 2.34 bits per heavy atom. The molecule has 2 fully saturated rings. The molecular weight excluding hydrogens is 764 g/mol. The number of aliphatic carboxylic acids is 1. The average Bonchev–Trinajstić information content (AvgIpc) is 3.17. The van der Waals surface area contributed by atoms with Crippen LogP contribution in [0, 0.1) is 23.6 Å². The van der Waals surface area contributed by atoms with E-state index in [4.69, 9.17) is 6.11 Å². The molecule has 3 amide bonds. The highest BCUT2D eigenvalue weighted by atomic mass is 32.2. The Morgan fingerprint density at radius 1 is 1.02 bits per heavy atom. The molecule has 298 valence electrons. The van der Waals surface area contributed by atoms with E-state index in [2.05, 4.69) is 27.2 Å². The van der Waals surface area contributed by atoms with Crippen molar-refractivity contribution in [3.8, 4) is 17.6 Å². The monoisotopic (exact) mass is 809 g/mol. The number of nitrogens with zero attached hydrogens (tertiary/aromatic N) is 1. The number of carboxylic acids is 1. The fourth-order valence-electron chi connectivity index (χ4n) is 6.36. The number of nitrogens with one attached hydrogen (secondary N) is 3. The van der Waals surface area contributed by atoms with Crippen LogP contribution in [0.5, 0.6) is 5.75 Å². The number of benzene rings is 3. The Balaban J connectivity index is 1.19. The molecule has 16 heteroatoms. The number of aliphatic hydroxyl groups is 1. The van der Waals surface area contributed by atoms with Crippen LogP contribution < -0.4 is 25.0 Å². The number of hydrogen-bond donors (Lipinski definition) is 5. The second-order valence-electron chi connectivity index (χ2n) is 13.5. The van der Waals surface area contributed by atoms with Crippen LogP contribution in [0.15, 0.2) is 72.8 Å². The van der Waals surface area contributed by atoms with Crippen molar-refractivity contribution in [3.05, 3.63) is 95.3 Å². The number of anilines is 1. The van der Waals surface area contributed by atoms with Gasteiger partial charge in [-0.1, -0.05) is 68.2 Å². The summed E-state index contributed by atoms with van der Waals surface area (Å²) in [5.41, 5.74) is 2.45. The van der Waals surface area contributed by atoms with E-state index in [-0.39, 0.29) is 24.6 Å². The third kappa shape index (κ3) is 12.3. The molecule has 0 aromatic heterocycles. The number of ether oxygens (including phenoxy) is 1. The highest BCUT2D eigenvalue weighted by molar-refractivity contribution is 8.00. The number of amides is 3. The standard InChI is InChI=1S/C40H45FN4O9S2/c1-56(52,53)43-21-5-8-26-9-17-31(18-10-26)45-37(38(39(45)49)55-25-34(46)28-11-15-30(41)16-12-28)29-13-19-32(20-14-29)54-24-36(48)42-23-35(47)44-33(40(50)51)22-27-6-3-2-4-7-27/h9-20,27,33-34,37-38,43,46H,2-4,6-7,21-25H2,1H3,(H,42,48)(H,44,47)(H,50,51)/t33-,34-,37+,38+/m0/s1/i27D. The van der Waals surface area contributed by atoms with Crippen LogP contribution in [0.4, 0.5) is 10.1 Å². The largest absolute Gasteiger partial charge is 0.484 e. The summed E-state index contributed by atoms with van der Waals surface area (Å²) in [7, 11) is -3.38. The molecule has 0 bridgehead atoms. The lowest BCUT2D eigenvalue weighted by molar-refractivity contribution is -0.142. The van der Waals surface area contributed by atoms with E-state index in [1.165, 1.54) is 36.0 Å². The van der Waals surface area contributed by atoms with Gasteiger partial charge in [0.1, 0.15) is 22.9 Å². The summed E-state index contributed by atoms with van der Waals surface area (Å²) >= 11 is 1.27. The zero-order valence-corrected chi connectivity index (χ0v) is 32.3. The van der Waals surface area contributed by atoms with E-state index < -0.39 is 76.1 Å². The Kier molecular flexibility index (Phi) is 14.4. The van der Waals surface area contributed by atoms with Gasteiger partial charge in [-0.3, -0.25) is 14.4 Å². The molecule has 1 saturated heterocycles. The van der Waals surface area contributed by atoms with Crippen molar-refractivity contribution in [2.24, 2.45) is 5.89 Å². The summed E-state index contributed by atoms with van der Waals surface area (Å²) in [6, 6.07) is 17.4. The summed E-state index contributed by atoms with van der Waals surface area (Å²) < 4.78 is 52.5. The molecule has 0 spiro atoms. The van der Waals surface area contributed by atoms with Crippen molar-refractivity contribution < 1.29 is 48.3 Å². The smallest absolute Gasteiger partial charge is 0.326 e. The molecule has 5 N–H and O–H groups in total. The third-order valence-corrected chi connectivity index (χ3v) is 11.3. The zero-order valence-electron chi connectivity index (χ0n) is 31.7. The molecule has 1 heterocycles. The Bertz CT molecular complexity index is 2070. The topological polar surface area (TPSA) is 191 Å². The van der Waals surface area contributed by atoms with Gasteiger partial charge in [-0.2, -0.15) is 0 Å². The third-order valence-electron chi connectivity index (χ3n) is 9.26. The lowest BCUT2D eigenvalue weighted by Gasteiger charge is -2.47. The average molecular weight is 810 g/mol. The summed E-state index contributed by atoms with van der Waals surface area (Å²) in [6.45, 7) is -0.955. The number of thioether (sulfide) groups is 1. The Morgan fingerprint density at radius 2 is 1.70 bits per heavy atom. The lowest BCUT2D eigenvalue weighted by Crippen LogP contribution is -2.57. The molecule has 13 nitrogen and oxygen atoms in total. The quantitative estimate of drug-likeness (QED) is 0.0994. The van der Waals surface area contributed by atoms with Crippen molar-refractivity contribution in [1.82, 2.24) is 15.4 Å². The second kappa shape index (κ2) is 19.8. The van der Waals surface area contributed by atoms with Crippen LogP contribution in [0.1, 0.15) is 68.7 Å². The first-order valence-corrected chi connectivity index (χ1v) is 21.0. The molecule has 1 saturated carbocycles. The summed E-state index contributed by atoms with van der Waals surface area (Å²) in [5, 5.41) is 24.7. The molecule has 1 aliphatic carbocycles. The molecule has 4 atom stereocenters. The zero-order chi connectivity index (χ0) is 41.2. The lowest BCUT2D eigenvalue weighted by atomic mass is 9.85. The number of carbonyl (C=O) groups is 4. The summed E-state index contributed by atoms with van der Waals surface area (Å²) in [4.78, 5) is 52.0. The van der Waals surface area contributed by atoms with Crippen molar-refractivity contribution in [1.29, 1.82) is 0 Å². The first-order chi connectivity index (χ1) is 27.1. The minimum Gasteiger partial charge on any atom is -0.484 e. The first kappa shape index (κ1) is 40.7. The predicted molar refractivity (Wildman–Crippen MR) is 210 cm³/mol. The number of sulfonamides is 1. The SMILES string of the molecule is [2H]C1(C[C@H](NC(=O)CNC(=O)COc2ccc([C@@H]3[C@@H](SC[C@H](O)c4ccc(F)cc4)C(=O)N3c3ccc(C#CCNS(C)(=O)=O)cc3)cc2)C(=O)O)CCCCC1. The number of carboxylic acid groups (broad SMARTS) is 1. The van der Waals surface area contributed by atoms with Gasteiger partial charge in [0.15, 0.2) is 6.61 Å². The minimum absolute atomic E-state index is 0.0126. The number of aliphatic hydroxyl groups excluding tert-OH is 1. The summed E-state index contributed by atoms with van der Waals surface area (Å²) in [5.74, 6) is 2.03. The van der Waals surface area contributed by atoms with Crippen molar-refractivity contribution in [3.63, 3.8) is 0 Å². The molecule has 2 aliphatic rings. The molecular formula is C40H45FN4O9S2. The summed E-state index contributed by atoms with van der Waals surface area (Å²) in [6.07, 6.45) is 3.91. The van der Waals surface area contributed by atoms with Gasteiger partial charge in [0, 0.05) is 18.4 Å². The Hall–Kier alpha value is -4.95. The fraction of sp³-hybridized carbons (Fsp3) is 0.400. The number of carbonyl (C=O) groups excluding carboxylic acids is 3. The number of β-lactam (4-membered cyclic amide) rings is 1. The maximum absolute atomic E-state index is 13.6. The number of hydrogen-bond acceptors (Lipinski definition) is 9. The van der Waals surface area contributed by atoms with Crippen LogP contribution in [0.3, 0.4) is 0 Å². The van der Waals surface area contributed by atoms with E-state index in [0.717, 1.165) is 31.1 Å². The van der Waals surface area contributed by atoms with Gasteiger partial charge in [0.25, 0.3) is 5.91 Å². The highest BCUT2D eigenvalue weighted by Gasteiger charge is 2.49. The van der Waals surface area contributed by atoms with Gasteiger partial charge in [0.05, 0.1) is 31.5 Å².